The number of carbonyl (C=O) groups is 1. The number of nitrogens with two attached hydrogens (primary N) is 1. The molecule has 1 aromatic heterocycles. The molecule has 0 aromatic carbocycles. The largest absolute Gasteiger partial charge is 0.319 e. The maximum atomic E-state index is 12.0. The molecular weight excluding hydrogens is 188 g/mol. The van der Waals surface area contributed by atoms with Crippen LogP contribution < -0.4 is 5.73 Å². The topological polar surface area (TPSA) is 56.0 Å². The van der Waals surface area contributed by atoms with Gasteiger partial charge in [0.25, 0.3) is 0 Å². The van der Waals surface area contributed by atoms with Crippen LogP contribution in [0.5, 0.6) is 0 Å². The van der Waals surface area contributed by atoms with Gasteiger partial charge in [0.1, 0.15) is 0 Å². The van der Waals surface area contributed by atoms with E-state index < -0.39 is 5.54 Å². The fourth-order valence-corrected chi connectivity index (χ4v) is 1.79. The standard InChI is InChI=1S/C12H16N2O/c1-12(13,10-4-5-10)11(15)7-9-3-2-6-14-8-9/h2-3,6,8,10H,4-5,7,13H2,1H3. The molecule has 1 heterocycles. The van der Waals surface area contributed by atoms with Crippen LogP contribution in [0.25, 0.3) is 0 Å². The summed E-state index contributed by atoms with van der Waals surface area (Å²) in [5.74, 6) is 0.514. The van der Waals surface area contributed by atoms with Crippen LogP contribution >= 0.6 is 0 Å². The monoisotopic (exact) mass is 204 g/mol. The van der Waals surface area contributed by atoms with Crippen LogP contribution in [0.1, 0.15) is 25.3 Å². The Labute approximate surface area is 89.7 Å². The number of Topliss-reactive ketones (excluding diaryl/α,β-unsaturated/α-hetero) is 1. The molecule has 0 radical (unpaired) electrons. The summed E-state index contributed by atoms with van der Waals surface area (Å²) in [5.41, 5.74) is 6.34. The second kappa shape index (κ2) is 3.74. The Morgan fingerprint density at radius 1 is 1.67 bits per heavy atom. The molecule has 0 saturated heterocycles. The van der Waals surface area contributed by atoms with Crippen molar-refractivity contribution in [1.82, 2.24) is 4.98 Å². The van der Waals surface area contributed by atoms with Crippen molar-refractivity contribution in [3.8, 4) is 0 Å². The van der Waals surface area contributed by atoms with E-state index in [2.05, 4.69) is 4.98 Å². The molecule has 0 bridgehead atoms. The molecule has 1 saturated carbocycles. The van der Waals surface area contributed by atoms with E-state index in [1.165, 1.54) is 0 Å². The first-order valence-electron chi connectivity index (χ1n) is 5.32. The minimum atomic E-state index is -0.643. The third-order valence-electron chi connectivity index (χ3n) is 3.11. The van der Waals surface area contributed by atoms with Crippen LogP contribution in [0.15, 0.2) is 24.5 Å². The maximum absolute atomic E-state index is 12.0. The third-order valence-corrected chi connectivity index (χ3v) is 3.11. The van der Waals surface area contributed by atoms with Crippen LogP contribution in [-0.2, 0) is 11.2 Å². The van der Waals surface area contributed by atoms with Crippen LogP contribution in [-0.4, -0.2) is 16.3 Å². The number of carbonyl (C=O) groups excluding carboxylic acids is 1. The van der Waals surface area contributed by atoms with Gasteiger partial charge in [-0.2, -0.15) is 0 Å². The smallest absolute Gasteiger partial charge is 0.157 e. The van der Waals surface area contributed by atoms with Crippen molar-refractivity contribution < 1.29 is 4.79 Å². The molecule has 2 rings (SSSR count). The Kier molecular flexibility index (Phi) is 2.57. The van der Waals surface area contributed by atoms with Crippen LogP contribution in [0, 0.1) is 5.92 Å². The van der Waals surface area contributed by atoms with Gasteiger partial charge in [0.2, 0.25) is 0 Å². The van der Waals surface area contributed by atoms with E-state index in [-0.39, 0.29) is 5.78 Å². The molecule has 0 amide bonds. The lowest BCUT2D eigenvalue weighted by Crippen LogP contribution is -2.47. The van der Waals surface area contributed by atoms with Crippen LogP contribution in [0.3, 0.4) is 0 Å². The summed E-state index contributed by atoms with van der Waals surface area (Å²) in [5, 5.41) is 0. The van der Waals surface area contributed by atoms with Gasteiger partial charge in [0.15, 0.2) is 5.78 Å². The lowest BCUT2D eigenvalue weighted by Gasteiger charge is -2.22. The highest BCUT2D eigenvalue weighted by Crippen LogP contribution is 2.38. The fourth-order valence-electron chi connectivity index (χ4n) is 1.79. The van der Waals surface area contributed by atoms with Gasteiger partial charge in [-0.25, -0.2) is 0 Å². The first-order valence-corrected chi connectivity index (χ1v) is 5.32. The number of nitrogens with zero attached hydrogens (tertiary/aromatic N) is 1. The average Bonchev–Trinajstić information content (AvgIpc) is 3.02. The highest BCUT2D eigenvalue weighted by atomic mass is 16.1. The van der Waals surface area contributed by atoms with E-state index in [1.54, 1.807) is 12.4 Å². The average molecular weight is 204 g/mol. The molecule has 0 aliphatic heterocycles. The van der Waals surface area contributed by atoms with Crippen molar-refractivity contribution in [3.05, 3.63) is 30.1 Å². The number of ketones is 1. The summed E-state index contributed by atoms with van der Waals surface area (Å²) in [6, 6.07) is 3.75. The van der Waals surface area contributed by atoms with E-state index in [0.29, 0.717) is 12.3 Å². The molecule has 0 spiro atoms. The van der Waals surface area contributed by atoms with Gasteiger partial charge in [0, 0.05) is 18.8 Å². The Balaban J connectivity index is 2.03. The highest BCUT2D eigenvalue weighted by molar-refractivity contribution is 5.90. The van der Waals surface area contributed by atoms with Crippen molar-refractivity contribution in [3.63, 3.8) is 0 Å². The van der Waals surface area contributed by atoms with Gasteiger partial charge in [-0.1, -0.05) is 6.07 Å². The summed E-state index contributed by atoms with van der Waals surface area (Å²) in [6.45, 7) is 1.85. The van der Waals surface area contributed by atoms with Gasteiger partial charge in [-0.15, -0.1) is 0 Å². The van der Waals surface area contributed by atoms with Crippen molar-refractivity contribution in [2.75, 3.05) is 0 Å². The first kappa shape index (κ1) is 10.3. The van der Waals surface area contributed by atoms with Crippen molar-refractivity contribution in [2.24, 2.45) is 11.7 Å². The number of hydrogen-bond donors (Lipinski definition) is 1. The Bertz CT molecular complexity index is 355. The maximum Gasteiger partial charge on any atom is 0.157 e. The third kappa shape index (κ3) is 2.23. The van der Waals surface area contributed by atoms with Gasteiger partial charge < -0.3 is 5.73 Å². The molecule has 1 aromatic rings. The van der Waals surface area contributed by atoms with Gasteiger partial charge in [0.05, 0.1) is 5.54 Å². The number of hydrogen-bond acceptors (Lipinski definition) is 3. The molecule has 1 aliphatic rings. The minimum Gasteiger partial charge on any atom is -0.319 e. The normalized spacial score (nSPS) is 19.6. The van der Waals surface area contributed by atoms with Crippen LogP contribution in [0.4, 0.5) is 0 Å². The summed E-state index contributed by atoms with van der Waals surface area (Å²) in [7, 11) is 0. The van der Waals surface area contributed by atoms with Gasteiger partial charge in [-0.05, 0) is 37.3 Å². The number of rotatable bonds is 4. The molecule has 1 unspecified atom stereocenters. The lowest BCUT2D eigenvalue weighted by molar-refractivity contribution is -0.123. The molecule has 80 valence electrons. The van der Waals surface area contributed by atoms with Crippen molar-refractivity contribution in [2.45, 2.75) is 31.7 Å². The molecule has 1 aliphatic carbocycles. The van der Waals surface area contributed by atoms with Crippen molar-refractivity contribution in [1.29, 1.82) is 0 Å². The molecule has 2 N–H and O–H groups in total. The summed E-state index contributed by atoms with van der Waals surface area (Å²) < 4.78 is 0. The molecule has 3 heteroatoms. The predicted octanol–water partition coefficient (Wildman–Crippen LogP) is 1.32. The van der Waals surface area contributed by atoms with Gasteiger partial charge in [-0.3, -0.25) is 9.78 Å². The lowest BCUT2D eigenvalue weighted by atomic mass is 9.88. The van der Waals surface area contributed by atoms with Crippen molar-refractivity contribution >= 4 is 5.78 Å². The van der Waals surface area contributed by atoms with E-state index in [9.17, 15) is 4.79 Å². The van der Waals surface area contributed by atoms with E-state index >= 15 is 0 Å². The zero-order valence-corrected chi connectivity index (χ0v) is 8.94. The molecule has 3 nitrogen and oxygen atoms in total. The molecule has 1 fully saturated rings. The SMILES string of the molecule is CC(N)(C(=O)Cc1cccnc1)C1CC1. The summed E-state index contributed by atoms with van der Waals surface area (Å²) >= 11 is 0. The predicted molar refractivity (Wildman–Crippen MR) is 58.3 cm³/mol. The Hall–Kier alpha value is -1.22. The zero-order chi connectivity index (χ0) is 10.9. The number of pyridine rings is 1. The van der Waals surface area contributed by atoms with E-state index in [0.717, 1.165) is 18.4 Å². The second-order valence-corrected chi connectivity index (χ2v) is 4.52. The quantitative estimate of drug-likeness (QED) is 0.804. The fraction of sp³-hybridized carbons (Fsp3) is 0.500. The van der Waals surface area contributed by atoms with Crippen LogP contribution in [0.2, 0.25) is 0 Å². The Morgan fingerprint density at radius 2 is 2.40 bits per heavy atom. The van der Waals surface area contributed by atoms with E-state index in [1.807, 2.05) is 19.1 Å². The first-order chi connectivity index (χ1) is 7.10. The number of aromatic nitrogens is 1. The zero-order valence-electron chi connectivity index (χ0n) is 8.94. The molecule has 1 atom stereocenters. The minimum absolute atomic E-state index is 0.123. The van der Waals surface area contributed by atoms with Gasteiger partial charge >= 0.3 is 0 Å². The summed E-state index contributed by atoms with van der Waals surface area (Å²) in [6.07, 6.45) is 6.01. The van der Waals surface area contributed by atoms with E-state index in [4.69, 9.17) is 5.73 Å². The molecule has 15 heavy (non-hydrogen) atoms. The Morgan fingerprint density at radius 3 is 2.93 bits per heavy atom. The second-order valence-electron chi connectivity index (χ2n) is 4.52. The summed E-state index contributed by atoms with van der Waals surface area (Å²) in [4.78, 5) is 16.0. The highest BCUT2D eigenvalue weighted by Gasteiger charge is 2.43. The molecular formula is C12H16N2O.